The molecule has 0 spiro atoms. The Hall–Kier alpha value is -0.920. The van der Waals surface area contributed by atoms with Gasteiger partial charge in [-0.05, 0) is 54.4 Å². The molecule has 0 aliphatic carbocycles. The quantitative estimate of drug-likeness (QED) is 0.884. The highest BCUT2D eigenvalue weighted by Gasteiger charge is 2.30. The van der Waals surface area contributed by atoms with Gasteiger partial charge in [0.1, 0.15) is 6.54 Å². The lowest BCUT2D eigenvalue weighted by molar-refractivity contribution is -0.137. The summed E-state index contributed by atoms with van der Waals surface area (Å²) in [4.78, 5) is 10.9. The van der Waals surface area contributed by atoms with Gasteiger partial charge in [0.15, 0.2) is 0 Å². The maximum atomic E-state index is 12.5. The molecule has 0 fully saturated rings. The van der Waals surface area contributed by atoms with Crippen LogP contribution in [0.1, 0.15) is 19.4 Å². The number of nitrogens with zero attached hydrogens (tertiary/aromatic N) is 1. The number of hydrogen-bond acceptors (Lipinski definition) is 3. The van der Waals surface area contributed by atoms with Crippen molar-refractivity contribution in [3.63, 3.8) is 0 Å². The average molecular weight is 350 g/mol. The van der Waals surface area contributed by atoms with E-state index in [2.05, 4.69) is 15.9 Å². The molecule has 5 nitrogen and oxygen atoms in total. The summed E-state index contributed by atoms with van der Waals surface area (Å²) in [5, 5.41) is 8.85. The van der Waals surface area contributed by atoms with Crippen molar-refractivity contribution in [2.45, 2.75) is 31.7 Å². The fraction of sp³-hybridized carbons (Fsp3) is 0.417. The standard InChI is InChI=1S/C12H16BrNO4S/c1-8(2)14(7-12(15)16)19(17,18)11-6-9(3)4-5-10(11)13/h4-6,8H,7H2,1-3H3,(H,15,16). The Bertz CT molecular complexity index is 583. The normalized spacial score (nSPS) is 12.1. The summed E-state index contributed by atoms with van der Waals surface area (Å²) in [5.74, 6) is -1.18. The van der Waals surface area contributed by atoms with Crippen LogP contribution in [0.25, 0.3) is 0 Å². The van der Waals surface area contributed by atoms with Gasteiger partial charge < -0.3 is 5.11 Å². The van der Waals surface area contributed by atoms with Crippen LogP contribution in [-0.2, 0) is 14.8 Å². The van der Waals surface area contributed by atoms with E-state index in [1.165, 1.54) is 6.07 Å². The van der Waals surface area contributed by atoms with E-state index in [1.54, 1.807) is 32.9 Å². The fourth-order valence-electron chi connectivity index (χ4n) is 1.61. The predicted octanol–water partition coefficient (Wildman–Crippen LogP) is 2.24. The molecule has 106 valence electrons. The highest BCUT2D eigenvalue weighted by atomic mass is 79.9. The third kappa shape index (κ3) is 3.77. The summed E-state index contributed by atoms with van der Waals surface area (Å²) in [6, 6.07) is 4.51. The molecule has 1 rings (SSSR count). The van der Waals surface area contributed by atoms with Gasteiger partial charge in [-0.25, -0.2) is 8.42 Å². The van der Waals surface area contributed by atoms with Gasteiger partial charge in [0.2, 0.25) is 10.0 Å². The Morgan fingerprint density at radius 2 is 2.00 bits per heavy atom. The average Bonchev–Trinajstić information content (AvgIpc) is 2.28. The highest BCUT2D eigenvalue weighted by molar-refractivity contribution is 9.10. The number of aliphatic carboxylic acids is 1. The summed E-state index contributed by atoms with van der Waals surface area (Å²) in [5.41, 5.74) is 0.792. The molecule has 1 N–H and O–H groups in total. The lowest BCUT2D eigenvalue weighted by Crippen LogP contribution is -2.40. The Labute approximate surface area is 121 Å². The molecule has 0 radical (unpaired) electrons. The zero-order valence-corrected chi connectivity index (χ0v) is 13.3. The summed E-state index contributed by atoms with van der Waals surface area (Å²) in [6.45, 7) is 4.51. The lowest BCUT2D eigenvalue weighted by atomic mass is 10.2. The molecular formula is C12H16BrNO4S. The van der Waals surface area contributed by atoms with E-state index in [9.17, 15) is 13.2 Å². The second-order valence-corrected chi connectivity index (χ2v) is 7.18. The van der Waals surface area contributed by atoms with Crippen LogP contribution in [0, 0.1) is 6.92 Å². The monoisotopic (exact) mass is 349 g/mol. The number of halogens is 1. The maximum absolute atomic E-state index is 12.5. The second-order valence-electron chi connectivity index (χ2n) is 4.47. The number of benzene rings is 1. The van der Waals surface area contributed by atoms with Crippen LogP contribution in [0.4, 0.5) is 0 Å². The first-order chi connectivity index (χ1) is 8.66. The van der Waals surface area contributed by atoms with Crippen LogP contribution >= 0.6 is 15.9 Å². The summed E-state index contributed by atoms with van der Waals surface area (Å²) in [6.07, 6.45) is 0. The Morgan fingerprint density at radius 3 is 2.47 bits per heavy atom. The van der Waals surface area contributed by atoms with Gasteiger partial charge in [0.25, 0.3) is 0 Å². The molecule has 0 unspecified atom stereocenters. The van der Waals surface area contributed by atoms with Crippen LogP contribution in [0.5, 0.6) is 0 Å². The van der Waals surface area contributed by atoms with Crippen LogP contribution in [0.2, 0.25) is 0 Å². The minimum absolute atomic E-state index is 0.0856. The maximum Gasteiger partial charge on any atom is 0.318 e. The minimum atomic E-state index is -3.84. The number of sulfonamides is 1. The van der Waals surface area contributed by atoms with Crippen molar-refractivity contribution in [1.82, 2.24) is 4.31 Å². The Morgan fingerprint density at radius 1 is 1.42 bits per heavy atom. The SMILES string of the molecule is Cc1ccc(Br)c(S(=O)(=O)N(CC(=O)O)C(C)C)c1. The van der Waals surface area contributed by atoms with Crippen molar-refractivity contribution in [1.29, 1.82) is 0 Å². The Kier molecular flexibility index (Phi) is 5.11. The van der Waals surface area contributed by atoms with E-state index in [1.807, 2.05) is 0 Å². The van der Waals surface area contributed by atoms with Crippen LogP contribution in [0.3, 0.4) is 0 Å². The van der Waals surface area contributed by atoms with E-state index < -0.39 is 28.6 Å². The van der Waals surface area contributed by atoms with E-state index in [4.69, 9.17) is 5.11 Å². The lowest BCUT2D eigenvalue weighted by Gasteiger charge is -2.24. The van der Waals surface area contributed by atoms with Gasteiger partial charge in [-0.15, -0.1) is 0 Å². The molecule has 0 saturated carbocycles. The van der Waals surface area contributed by atoms with Crippen LogP contribution in [-0.4, -0.2) is 36.4 Å². The zero-order valence-electron chi connectivity index (χ0n) is 10.9. The van der Waals surface area contributed by atoms with Crippen molar-refractivity contribution in [3.05, 3.63) is 28.2 Å². The zero-order chi connectivity index (χ0) is 14.8. The third-order valence-corrected chi connectivity index (χ3v) is 5.56. The van der Waals surface area contributed by atoms with Gasteiger partial charge in [0, 0.05) is 10.5 Å². The van der Waals surface area contributed by atoms with E-state index in [0.717, 1.165) is 9.87 Å². The van der Waals surface area contributed by atoms with Gasteiger partial charge in [-0.2, -0.15) is 4.31 Å². The molecule has 7 heteroatoms. The van der Waals surface area contributed by atoms with Crippen molar-refractivity contribution in [2.24, 2.45) is 0 Å². The predicted molar refractivity (Wildman–Crippen MR) is 75.5 cm³/mol. The molecule has 0 aromatic heterocycles. The van der Waals surface area contributed by atoms with Crippen molar-refractivity contribution < 1.29 is 18.3 Å². The summed E-state index contributed by atoms with van der Waals surface area (Å²) in [7, 11) is -3.84. The molecule has 19 heavy (non-hydrogen) atoms. The Balaban J connectivity index is 3.34. The second kappa shape index (κ2) is 6.02. The molecule has 1 aromatic carbocycles. The number of hydrogen-bond donors (Lipinski definition) is 1. The number of carbonyl (C=O) groups is 1. The van der Waals surface area contributed by atoms with Crippen molar-refractivity contribution >= 4 is 31.9 Å². The number of carboxylic acids is 1. The number of carboxylic acid groups (broad SMARTS) is 1. The minimum Gasteiger partial charge on any atom is -0.480 e. The van der Waals surface area contributed by atoms with Crippen molar-refractivity contribution in [2.75, 3.05) is 6.54 Å². The van der Waals surface area contributed by atoms with E-state index >= 15 is 0 Å². The molecule has 0 saturated heterocycles. The molecule has 1 aromatic rings. The van der Waals surface area contributed by atoms with E-state index in [0.29, 0.717) is 4.47 Å². The smallest absolute Gasteiger partial charge is 0.318 e. The largest absolute Gasteiger partial charge is 0.480 e. The molecule has 0 heterocycles. The fourth-order valence-corrected chi connectivity index (χ4v) is 4.21. The van der Waals surface area contributed by atoms with Gasteiger partial charge >= 0.3 is 5.97 Å². The number of aryl methyl sites for hydroxylation is 1. The first kappa shape index (κ1) is 16.1. The molecule has 0 aliphatic heterocycles. The first-order valence-corrected chi connectivity index (χ1v) is 7.89. The highest BCUT2D eigenvalue weighted by Crippen LogP contribution is 2.27. The van der Waals surface area contributed by atoms with Crippen LogP contribution < -0.4 is 0 Å². The molecular weight excluding hydrogens is 334 g/mol. The topological polar surface area (TPSA) is 74.7 Å². The summed E-state index contributed by atoms with van der Waals surface area (Å²) < 4.78 is 26.4. The van der Waals surface area contributed by atoms with Crippen molar-refractivity contribution in [3.8, 4) is 0 Å². The summed E-state index contributed by atoms with van der Waals surface area (Å²) >= 11 is 3.20. The first-order valence-electron chi connectivity index (χ1n) is 5.66. The molecule has 0 amide bonds. The van der Waals surface area contributed by atoms with Gasteiger partial charge in [0.05, 0.1) is 4.90 Å². The molecule has 0 aliphatic rings. The van der Waals surface area contributed by atoms with E-state index in [-0.39, 0.29) is 4.90 Å². The number of rotatable bonds is 5. The molecule has 0 atom stereocenters. The van der Waals surface area contributed by atoms with Crippen LogP contribution in [0.15, 0.2) is 27.6 Å². The van der Waals surface area contributed by atoms with Gasteiger partial charge in [-0.3, -0.25) is 4.79 Å². The molecule has 0 bridgehead atoms. The third-order valence-electron chi connectivity index (χ3n) is 2.54. The van der Waals surface area contributed by atoms with Gasteiger partial charge in [-0.1, -0.05) is 6.07 Å².